The van der Waals surface area contributed by atoms with Crippen LogP contribution in [-0.4, -0.2) is 37.2 Å². The van der Waals surface area contributed by atoms with E-state index < -0.39 is 6.10 Å². The first-order chi connectivity index (χ1) is 36.5. The molecular formula is C68H108O6. The molecule has 0 spiro atoms. The fourth-order valence-corrected chi connectivity index (χ4v) is 7.65. The molecule has 0 bridgehead atoms. The minimum Gasteiger partial charge on any atom is -0.462 e. The van der Waals surface area contributed by atoms with Gasteiger partial charge in [-0.25, -0.2) is 0 Å². The van der Waals surface area contributed by atoms with E-state index in [-0.39, 0.29) is 37.5 Å². The molecule has 0 aromatic carbocycles. The van der Waals surface area contributed by atoms with E-state index in [2.05, 4.69) is 167 Å². The molecule has 6 heteroatoms. The molecule has 0 aliphatic rings. The van der Waals surface area contributed by atoms with Crippen LogP contribution in [0.5, 0.6) is 0 Å². The molecule has 0 fully saturated rings. The summed E-state index contributed by atoms with van der Waals surface area (Å²) >= 11 is 0. The van der Waals surface area contributed by atoms with Gasteiger partial charge >= 0.3 is 17.9 Å². The molecule has 0 aliphatic carbocycles. The van der Waals surface area contributed by atoms with E-state index in [0.29, 0.717) is 19.3 Å². The van der Waals surface area contributed by atoms with Gasteiger partial charge in [0.25, 0.3) is 0 Å². The van der Waals surface area contributed by atoms with E-state index >= 15 is 0 Å². The van der Waals surface area contributed by atoms with Gasteiger partial charge in [-0.05, 0) is 135 Å². The van der Waals surface area contributed by atoms with Crippen LogP contribution in [0, 0.1) is 0 Å². The Morgan fingerprint density at radius 2 is 0.541 bits per heavy atom. The fraction of sp³-hybridized carbons (Fsp3) is 0.603. The van der Waals surface area contributed by atoms with E-state index in [0.717, 1.165) is 141 Å². The molecule has 0 aliphatic heterocycles. The Morgan fingerprint density at radius 3 is 0.865 bits per heavy atom. The van der Waals surface area contributed by atoms with Crippen molar-refractivity contribution in [2.24, 2.45) is 0 Å². The van der Waals surface area contributed by atoms with Gasteiger partial charge in [-0.2, -0.15) is 0 Å². The topological polar surface area (TPSA) is 78.9 Å². The van der Waals surface area contributed by atoms with Gasteiger partial charge in [-0.15, -0.1) is 0 Å². The largest absolute Gasteiger partial charge is 0.462 e. The number of carbonyl (C=O) groups is 3. The molecule has 0 saturated carbocycles. The first-order valence-electron chi connectivity index (χ1n) is 29.8. The smallest absolute Gasteiger partial charge is 0.306 e. The third-order valence-corrected chi connectivity index (χ3v) is 12.1. The molecule has 0 saturated heterocycles. The summed E-state index contributed by atoms with van der Waals surface area (Å²) in [6.45, 7) is 6.32. The molecule has 0 aromatic heterocycles. The Bertz CT molecular complexity index is 1640. The number of hydrogen-bond acceptors (Lipinski definition) is 6. The van der Waals surface area contributed by atoms with Crippen molar-refractivity contribution in [2.45, 2.75) is 252 Å². The highest BCUT2D eigenvalue weighted by molar-refractivity contribution is 5.71. The Morgan fingerprint density at radius 1 is 0.284 bits per heavy atom. The highest BCUT2D eigenvalue weighted by atomic mass is 16.6. The van der Waals surface area contributed by atoms with Crippen LogP contribution >= 0.6 is 0 Å². The first kappa shape index (κ1) is 69.3. The van der Waals surface area contributed by atoms with Crippen molar-refractivity contribution in [1.29, 1.82) is 0 Å². The summed E-state index contributed by atoms with van der Waals surface area (Å²) in [5, 5.41) is 0. The predicted molar refractivity (Wildman–Crippen MR) is 320 cm³/mol. The van der Waals surface area contributed by atoms with Gasteiger partial charge in [-0.3, -0.25) is 14.4 Å². The number of allylic oxidation sites excluding steroid dienone is 24. The van der Waals surface area contributed by atoms with E-state index in [1.165, 1.54) is 57.8 Å². The summed E-state index contributed by atoms with van der Waals surface area (Å²) in [6.07, 6.45) is 87.0. The minimum atomic E-state index is -0.826. The van der Waals surface area contributed by atoms with Gasteiger partial charge in [0, 0.05) is 19.3 Å². The van der Waals surface area contributed by atoms with Crippen molar-refractivity contribution < 1.29 is 28.6 Å². The zero-order valence-corrected chi connectivity index (χ0v) is 47.5. The van der Waals surface area contributed by atoms with Gasteiger partial charge in [-0.1, -0.05) is 237 Å². The monoisotopic (exact) mass is 1020 g/mol. The van der Waals surface area contributed by atoms with Gasteiger partial charge in [0.15, 0.2) is 6.10 Å². The Hall–Kier alpha value is -4.71. The molecule has 6 nitrogen and oxygen atoms in total. The summed E-state index contributed by atoms with van der Waals surface area (Å²) in [4.78, 5) is 38.2. The molecule has 0 aromatic rings. The zero-order chi connectivity index (χ0) is 53.6. The Labute approximate surface area is 455 Å². The maximum Gasteiger partial charge on any atom is 0.306 e. The van der Waals surface area contributed by atoms with Crippen LogP contribution < -0.4 is 0 Å². The standard InChI is InChI=1S/C68H108O6/c1-4-7-10-13-16-19-22-25-28-31-32-33-34-35-36-38-40-43-46-49-52-55-58-61-67(70)73-64-65(63-72-66(69)60-57-54-51-48-45-42-39-30-27-24-21-18-15-12-9-6-3)74-68(71)62-59-56-53-50-47-44-41-37-29-26-23-20-17-14-11-8-5-2/h7-8,10-11,16-17,19-21,24-26,28-30,32-33,35-36,39,41,44,50,53,65H,4-6,9,12-15,18,22-23,27,31,34,37-38,40,42-43,45-49,51-52,54-64H2,1-3H3/b10-7-,11-8-,19-16-,20-17-,24-21-,28-25-,29-26-,33-32-,36-35-,39-30-,44-41-,53-50-. The zero-order valence-electron chi connectivity index (χ0n) is 47.5. The van der Waals surface area contributed by atoms with E-state index in [1.54, 1.807) is 0 Å². The highest BCUT2D eigenvalue weighted by Crippen LogP contribution is 2.13. The van der Waals surface area contributed by atoms with Crippen LogP contribution in [0.2, 0.25) is 0 Å². The number of unbranched alkanes of at least 4 members (excludes halogenated alkanes) is 17. The highest BCUT2D eigenvalue weighted by Gasteiger charge is 2.19. The number of esters is 3. The number of carbonyl (C=O) groups excluding carboxylic acids is 3. The maximum absolute atomic E-state index is 12.9. The number of rotatable bonds is 52. The Balaban J connectivity index is 4.51. The van der Waals surface area contributed by atoms with E-state index in [4.69, 9.17) is 14.2 Å². The predicted octanol–water partition coefficient (Wildman–Crippen LogP) is 20.4. The Kier molecular flexibility index (Phi) is 57.0. The average molecular weight is 1020 g/mol. The van der Waals surface area contributed by atoms with Crippen molar-refractivity contribution in [3.8, 4) is 0 Å². The second kappa shape index (κ2) is 60.8. The quantitative estimate of drug-likeness (QED) is 0.0261. The van der Waals surface area contributed by atoms with Crippen LogP contribution in [0.3, 0.4) is 0 Å². The molecule has 74 heavy (non-hydrogen) atoms. The lowest BCUT2D eigenvalue weighted by atomic mass is 10.1. The minimum absolute atomic E-state index is 0.117. The van der Waals surface area contributed by atoms with Crippen molar-refractivity contribution in [3.63, 3.8) is 0 Å². The van der Waals surface area contributed by atoms with Gasteiger partial charge in [0.1, 0.15) is 13.2 Å². The number of ether oxygens (including phenoxy) is 3. The van der Waals surface area contributed by atoms with Gasteiger partial charge in [0.2, 0.25) is 0 Å². The van der Waals surface area contributed by atoms with E-state index in [1.807, 2.05) is 0 Å². The summed E-state index contributed by atoms with van der Waals surface area (Å²) in [5.74, 6) is -1.00. The molecule has 0 rings (SSSR count). The molecule has 0 radical (unpaired) electrons. The summed E-state index contributed by atoms with van der Waals surface area (Å²) < 4.78 is 16.8. The fourth-order valence-electron chi connectivity index (χ4n) is 7.65. The second-order valence-corrected chi connectivity index (χ2v) is 19.1. The van der Waals surface area contributed by atoms with Crippen LogP contribution in [0.4, 0.5) is 0 Å². The summed E-state index contributed by atoms with van der Waals surface area (Å²) in [6, 6.07) is 0. The molecule has 416 valence electrons. The molecule has 0 N–H and O–H groups in total. The molecule has 1 unspecified atom stereocenters. The lowest BCUT2D eigenvalue weighted by Gasteiger charge is -2.18. The van der Waals surface area contributed by atoms with Crippen molar-refractivity contribution in [1.82, 2.24) is 0 Å². The van der Waals surface area contributed by atoms with Crippen molar-refractivity contribution in [3.05, 3.63) is 146 Å². The summed E-state index contributed by atoms with van der Waals surface area (Å²) in [7, 11) is 0. The second-order valence-electron chi connectivity index (χ2n) is 19.1. The van der Waals surface area contributed by atoms with Crippen LogP contribution in [0.1, 0.15) is 245 Å². The molecule has 0 heterocycles. The SMILES string of the molecule is CC/C=C\C/C=C\C/C=C\C/C=C\C/C=C\CCCCCCCCCC(=O)OCC(COC(=O)CCCCCCC/C=C\C/C=C\CCCCCC)OC(=O)CCC/C=C\C/C=C\C/C=C\C/C=C\C/C=C\CC. The van der Waals surface area contributed by atoms with Crippen LogP contribution in [0.25, 0.3) is 0 Å². The van der Waals surface area contributed by atoms with Gasteiger partial charge < -0.3 is 14.2 Å². The lowest BCUT2D eigenvalue weighted by Crippen LogP contribution is -2.30. The third-order valence-electron chi connectivity index (χ3n) is 12.1. The van der Waals surface area contributed by atoms with Gasteiger partial charge in [0.05, 0.1) is 0 Å². The number of hydrogen-bond donors (Lipinski definition) is 0. The van der Waals surface area contributed by atoms with E-state index in [9.17, 15) is 14.4 Å². The lowest BCUT2D eigenvalue weighted by molar-refractivity contribution is -0.167. The summed E-state index contributed by atoms with van der Waals surface area (Å²) in [5.41, 5.74) is 0. The van der Waals surface area contributed by atoms with Crippen molar-refractivity contribution in [2.75, 3.05) is 13.2 Å². The molecule has 1 atom stereocenters. The molecule has 0 amide bonds. The molecular weight excluding hydrogens is 913 g/mol. The first-order valence-corrected chi connectivity index (χ1v) is 29.8. The maximum atomic E-state index is 12.9. The van der Waals surface area contributed by atoms with Crippen LogP contribution in [-0.2, 0) is 28.6 Å². The van der Waals surface area contributed by atoms with Crippen molar-refractivity contribution >= 4 is 17.9 Å². The average Bonchev–Trinajstić information content (AvgIpc) is 3.40. The third kappa shape index (κ3) is 58.2. The van der Waals surface area contributed by atoms with Crippen LogP contribution in [0.15, 0.2) is 146 Å². The normalized spacial score (nSPS) is 13.2.